The minimum Gasteiger partial charge on any atom is -0.369 e. The van der Waals surface area contributed by atoms with Gasteiger partial charge >= 0.3 is 0 Å². The first-order chi connectivity index (χ1) is 8.66. The first-order valence-corrected chi connectivity index (χ1v) is 6.99. The number of aromatic nitrogens is 2. The van der Waals surface area contributed by atoms with Gasteiger partial charge in [0.2, 0.25) is 5.95 Å². The molecular formula is C12H13F2N3S. The van der Waals surface area contributed by atoms with E-state index in [0.717, 1.165) is 24.0 Å². The van der Waals surface area contributed by atoms with Gasteiger partial charge in [-0.2, -0.15) is 11.8 Å². The van der Waals surface area contributed by atoms with Crippen LogP contribution in [-0.2, 0) is 6.54 Å². The number of thioether (sulfide) groups is 1. The lowest BCUT2D eigenvalue weighted by Gasteiger charge is -2.12. The van der Waals surface area contributed by atoms with Crippen molar-refractivity contribution < 1.29 is 8.78 Å². The third-order valence-electron chi connectivity index (χ3n) is 3.29. The van der Waals surface area contributed by atoms with Crippen LogP contribution in [-0.4, -0.2) is 21.1 Å². The second-order valence-electron chi connectivity index (χ2n) is 4.54. The predicted molar refractivity (Wildman–Crippen MR) is 69.5 cm³/mol. The molecule has 3 nitrogen and oxygen atoms in total. The average molecular weight is 269 g/mol. The van der Waals surface area contributed by atoms with Crippen molar-refractivity contribution in [3.8, 4) is 0 Å². The van der Waals surface area contributed by atoms with E-state index in [9.17, 15) is 8.78 Å². The summed E-state index contributed by atoms with van der Waals surface area (Å²) in [5.74, 6) is 1.15. The van der Waals surface area contributed by atoms with Crippen LogP contribution in [0.3, 0.4) is 0 Å². The van der Waals surface area contributed by atoms with Gasteiger partial charge in [0.1, 0.15) is 5.52 Å². The average Bonchev–Trinajstić information content (AvgIpc) is 2.94. The minimum absolute atomic E-state index is 0.185. The topological polar surface area (TPSA) is 43.8 Å². The van der Waals surface area contributed by atoms with Crippen LogP contribution in [0.1, 0.15) is 6.42 Å². The maximum Gasteiger partial charge on any atom is 0.201 e. The predicted octanol–water partition coefficient (Wildman–Crippen LogP) is 2.65. The summed E-state index contributed by atoms with van der Waals surface area (Å²) in [6.07, 6.45) is 1.08. The molecule has 0 aliphatic carbocycles. The highest BCUT2D eigenvalue weighted by Gasteiger charge is 2.21. The number of hydrogen-bond donors (Lipinski definition) is 1. The molecule has 1 saturated heterocycles. The fourth-order valence-corrected chi connectivity index (χ4v) is 3.62. The highest BCUT2D eigenvalue weighted by molar-refractivity contribution is 7.99. The van der Waals surface area contributed by atoms with Crippen LogP contribution in [0.15, 0.2) is 12.1 Å². The zero-order valence-corrected chi connectivity index (χ0v) is 10.5. The van der Waals surface area contributed by atoms with Gasteiger partial charge in [-0.15, -0.1) is 0 Å². The summed E-state index contributed by atoms with van der Waals surface area (Å²) in [5, 5.41) is 0. The highest BCUT2D eigenvalue weighted by Crippen LogP contribution is 2.29. The molecule has 0 saturated carbocycles. The van der Waals surface area contributed by atoms with Gasteiger partial charge in [0.15, 0.2) is 11.6 Å². The number of fused-ring (bicyclic) bond motifs is 1. The van der Waals surface area contributed by atoms with Crippen molar-refractivity contribution in [3.05, 3.63) is 23.8 Å². The molecule has 0 radical (unpaired) electrons. The molecule has 2 heterocycles. The number of nitrogens with two attached hydrogens (primary N) is 1. The van der Waals surface area contributed by atoms with Crippen LogP contribution in [0, 0.1) is 17.6 Å². The molecule has 1 aliphatic rings. The van der Waals surface area contributed by atoms with E-state index in [-0.39, 0.29) is 11.5 Å². The normalized spacial score (nSPS) is 19.8. The van der Waals surface area contributed by atoms with Gasteiger partial charge < -0.3 is 10.3 Å². The quantitative estimate of drug-likeness (QED) is 0.911. The van der Waals surface area contributed by atoms with Crippen molar-refractivity contribution in [2.75, 3.05) is 17.2 Å². The number of hydrogen-bond acceptors (Lipinski definition) is 3. The van der Waals surface area contributed by atoms with E-state index in [1.165, 1.54) is 6.07 Å². The number of nitrogens with zero attached hydrogens (tertiary/aromatic N) is 2. The smallest absolute Gasteiger partial charge is 0.201 e. The third-order valence-corrected chi connectivity index (χ3v) is 4.53. The lowest BCUT2D eigenvalue weighted by Crippen LogP contribution is -2.13. The summed E-state index contributed by atoms with van der Waals surface area (Å²) in [7, 11) is 0. The lowest BCUT2D eigenvalue weighted by atomic mass is 10.1. The maximum absolute atomic E-state index is 13.8. The van der Waals surface area contributed by atoms with Crippen LogP contribution >= 0.6 is 11.8 Å². The molecule has 1 unspecified atom stereocenters. The maximum atomic E-state index is 13.8. The van der Waals surface area contributed by atoms with E-state index in [2.05, 4.69) is 4.98 Å². The molecule has 1 aliphatic heterocycles. The molecule has 1 atom stereocenters. The first kappa shape index (κ1) is 11.8. The zero-order chi connectivity index (χ0) is 12.7. The van der Waals surface area contributed by atoms with Gasteiger partial charge in [-0.3, -0.25) is 0 Å². The molecule has 18 heavy (non-hydrogen) atoms. The lowest BCUT2D eigenvalue weighted by molar-refractivity contribution is 0.486. The number of halogens is 2. The van der Waals surface area contributed by atoms with Crippen molar-refractivity contribution in [2.45, 2.75) is 13.0 Å². The standard InChI is InChI=1S/C12H13F2N3S/c13-8-1-2-9-11(10(8)14)17(12(15)16-9)5-7-3-4-18-6-7/h1-2,7H,3-6H2,(H2,15,16). The van der Waals surface area contributed by atoms with Crippen LogP contribution in [0.2, 0.25) is 0 Å². The van der Waals surface area contributed by atoms with Gasteiger partial charge in [-0.1, -0.05) is 0 Å². The number of anilines is 1. The van der Waals surface area contributed by atoms with Crippen molar-refractivity contribution in [1.82, 2.24) is 9.55 Å². The second-order valence-corrected chi connectivity index (χ2v) is 5.69. The van der Waals surface area contributed by atoms with E-state index in [1.54, 1.807) is 4.57 Å². The molecule has 3 rings (SSSR count). The molecule has 2 N–H and O–H groups in total. The fourth-order valence-electron chi connectivity index (χ4n) is 2.35. The molecule has 1 aromatic carbocycles. The summed E-state index contributed by atoms with van der Waals surface area (Å²) in [4.78, 5) is 4.08. The van der Waals surface area contributed by atoms with Crippen molar-refractivity contribution in [2.24, 2.45) is 5.92 Å². The highest BCUT2D eigenvalue weighted by atomic mass is 32.2. The molecule has 0 amide bonds. The summed E-state index contributed by atoms with van der Waals surface area (Å²) >= 11 is 1.88. The Balaban J connectivity index is 2.08. The monoisotopic (exact) mass is 269 g/mol. The van der Waals surface area contributed by atoms with Crippen LogP contribution < -0.4 is 5.73 Å². The van der Waals surface area contributed by atoms with Crippen LogP contribution in [0.4, 0.5) is 14.7 Å². The Kier molecular flexibility index (Phi) is 2.89. The molecule has 0 spiro atoms. The Labute approximate surface area is 107 Å². The van der Waals surface area contributed by atoms with Gasteiger partial charge in [-0.05, 0) is 36.0 Å². The van der Waals surface area contributed by atoms with E-state index < -0.39 is 11.6 Å². The van der Waals surface area contributed by atoms with E-state index in [0.29, 0.717) is 18.0 Å². The Morgan fingerprint density at radius 3 is 3.00 bits per heavy atom. The third kappa shape index (κ3) is 1.84. The summed E-state index contributed by atoms with van der Waals surface area (Å²) in [5.41, 5.74) is 6.40. The van der Waals surface area contributed by atoms with Crippen LogP contribution in [0.25, 0.3) is 11.0 Å². The van der Waals surface area contributed by atoms with Gasteiger partial charge in [0.25, 0.3) is 0 Å². The van der Waals surface area contributed by atoms with Crippen LogP contribution in [0.5, 0.6) is 0 Å². The molecule has 1 fully saturated rings. The Bertz CT molecular complexity index is 591. The second kappa shape index (κ2) is 4.42. The summed E-state index contributed by atoms with van der Waals surface area (Å²) in [6.45, 7) is 0.607. The number of nitrogen functional groups attached to an aromatic ring is 1. The number of rotatable bonds is 2. The fraction of sp³-hybridized carbons (Fsp3) is 0.417. The van der Waals surface area contributed by atoms with Gasteiger partial charge in [0.05, 0.1) is 5.52 Å². The van der Waals surface area contributed by atoms with E-state index in [4.69, 9.17) is 5.73 Å². The summed E-state index contributed by atoms with van der Waals surface area (Å²) < 4.78 is 28.7. The van der Waals surface area contributed by atoms with E-state index in [1.807, 2.05) is 11.8 Å². The zero-order valence-electron chi connectivity index (χ0n) is 9.70. The SMILES string of the molecule is Nc1nc2ccc(F)c(F)c2n1CC1CCSC1. The first-order valence-electron chi connectivity index (χ1n) is 5.84. The number of imidazole rings is 1. The number of benzene rings is 1. The molecule has 2 aromatic rings. The molecule has 0 bridgehead atoms. The molecular weight excluding hydrogens is 256 g/mol. The van der Waals surface area contributed by atoms with Crippen molar-refractivity contribution >= 4 is 28.7 Å². The van der Waals surface area contributed by atoms with Crippen molar-refractivity contribution in [1.29, 1.82) is 0 Å². The van der Waals surface area contributed by atoms with Gasteiger partial charge in [-0.25, -0.2) is 13.8 Å². The molecule has 6 heteroatoms. The summed E-state index contributed by atoms with van der Waals surface area (Å²) in [6, 6.07) is 2.55. The Hall–Kier alpha value is -1.30. The Morgan fingerprint density at radius 2 is 2.28 bits per heavy atom. The van der Waals surface area contributed by atoms with Crippen molar-refractivity contribution in [3.63, 3.8) is 0 Å². The molecule has 1 aromatic heterocycles. The Morgan fingerprint density at radius 1 is 1.44 bits per heavy atom. The van der Waals surface area contributed by atoms with E-state index >= 15 is 0 Å². The van der Waals surface area contributed by atoms with Gasteiger partial charge in [0, 0.05) is 6.54 Å². The largest absolute Gasteiger partial charge is 0.369 e. The molecule has 96 valence electrons. The minimum atomic E-state index is -0.859.